The molecule has 3 N–H and O–H groups in total. The topological polar surface area (TPSA) is 104 Å². The van der Waals surface area contributed by atoms with Crippen LogP contribution in [-0.4, -0.2) is 34.3 Å². The molecule has 1 atom stereocenters. The summed E-state index contributed by atoms with van der Waals surface area (Å²) in [6.07, 6.45) is -0.185. The minimum atomic E-state index is -1.08. The number of ether oxygens (including phenoxy) is 1. The largest absolute Gasteiger partial charge is 0.497 e. The number of benzene rings is 2. The molecule has 0 aliphatic heterocycles. The number of aromatic nitrogens is 2. The SMILES string of the molecule is COc1cccc(C(C)(CC(=O)O)NC(=O)Cc2[nH]nc3ccccc23)c1. The summed E-state index contributed by atoms with van der Waals surface area (Å²) >= 11 is 0. The molecule has 1 heterocycles. The molecular weight excluding hydrogens is 346 g/mol. The van der Waals surface area contributed by atoms with Crippen LogP contribution in [0.2, 0.25) is 0 Å². The molecule has 0 saturated carbocycles. The molecule has 1 amide bonds. The zero-order valence-corrected chi connectivity index (χ0v) is 15.2. The van der Waals surface area contributed by atoms with Crippen molar-refractivity contribution in [3.63, 3.8) is 0 Å². The number of carboxylic acid groups (broad SMARTS) is 1. The lowest BCUT2D eigenvalue weighted by Crippen LogP contribution is -2.45. The van der Waals surface area contributed by atoms with Crippen molar-refractivity contribution < 1.29 is 19.4 Å². The van der Waals surface area contributed by atoms with E-state index in [-0.39, 0.29) is 18.7 Å². The van der Waals surface area contributed by atoms with E-state index in [2.05, 4.69) is 15.5 Å². The average molecular weight is 367 g/mol. The number of nitrogens with zero attached hydrogens (tertiary/aromatic N) is 1. The van der Waals surface area contributed by atoms with E-state index in [1.54, 1.807) is 31.2 Å². The van der Waals surface area contributed by atoms with Crippen molar-refractivity contribution >= 4 is 22.8 Å². The van der Waals surface area contributed by atoms with Crippen LogP contribution in [0.4, 0.5) is 0 Å². The Morgan fingerprint density at radius 1 is 1.22 bits per heavy atom. The number of methoxy groups -OCH3 is 1. The van der Waals surface area contributed by atoms with E-state index in [9.17, 15) is 14.7 Å². The Morgan fingerprint density at radius 3 is 2.74 bits per heavy atom. The number of hydrogen-bond acceptors (Lipinski definition) is 4. The minimum absolute atomic E-state index is 0.0691. The second-order valence-corrected chi connectivity index (χ2v) is 6.58. The highest BCUT2D eigenvalue weighted by molar-refractivity contribution is 5.87. The zero-order chi connectivity index (χ0) is 19.4. The quantitative estimate of drug-likeness (QED) is 0.595. The summed E-state index contributed by atoms with van der Waals surface area (Å²) in [6, 6.07) is 14.5. The van der Waals surface area contributed by atoms with Crippen molar-refractivity contribution in [2.75, 3.05) is 7.11 Å². The van der Waals surface area contributed by atoms with Crippen LogP contribution in [0.1, 0.15) is 24.6 Å². The summed E-state index contributed by atoms with van der Waals surface area (Å²) in [5, 5.41) is 20.2. The summed E-state index contributed by atoms with van der Waals surface area (Å²) in [6.45, 7) is 1.69. The predicted molar refractivity (Wildman–Crippen MR) is 101 cm³/mol. The lowest BCUT2D eigenvalue weighted by molar-refractivity contribution is -0.139. The third-order valence-electron chi connectivity index (χ3n) is 4.50. The molecule has 7 heteroatoms. The lowest BCUT2D eigenvalue weighted by atomic mass is 9.88. The Kier molecular flexibility index (Phi) is 5.12. The van der Waals surface area contributed by atoms with E-state index in [0.717, 1.165) is 10.9 Å². The van der Waals surface area contributed by atoms with Gasteiger partial charge in [0.2, 0.25) is 5.91 Å². The molecule has 3 aromatic rings. The third-order valence-corrected chi connectivity index (χ3v) is 4.50. The van der Waals surface area contributed by atoms with Crippen LogP contribution in [0.15, 0.2) is 48.5 Å². The van der Waals surface area contributed by atoms with E-state index >= 15 is 0 Å². The highest BCUT2D eigenvalue weighted by Gasteiger charge is 2.32. The standard InChI is InChI=1S/C20H21N3O4/c1-20(12-19(25)26,13-6-5-7-14(10-13)27-2)21-18(24)11-17-15-8-3-4-9-16(15)22-23-17/h3-10H,11-12H2,1-2H3,(H,21,24)(H,22,23)(H,25,26). The smallest absolute Gasteiger partial charge is 0.306 e. The Morgan fingerprint density at radius 2 is 2.00 bits per heavy atom. The summed E-state index contributed by atoms with van der Waals surface area (Å²) < 4.78 is 5.22. The molecule has 140 valence electrons. The fourth-order valence-corrected chi connectivity index (χ4v) is 3.15. The number of H-pyrrole nitrogens is 1. The molecule has 7 nitrogen and oxygen atoms in total. The van der Waals surface area contributed by atoms with Crippen molar-refractivity contribution in [2.24, 2.45) is 0 Å². The van der Waals surface area contributed by atoms with Crippen LogP contribution in [0.5, 0.6) is 5.75 Å². The maximum absolute atomic E-state index is 12.7. The number of carboxylic acids is 1. The monoisotopic (exact) mass is 367 g/mol. The molecule has 1 aromatic heterocycles. The van der Waals surface area contributed by atoms with E-state index in [0.29, 0.717) is 17.0 Å². The van der Waals surface area contributed by atoms with Crippen LogP contribution in [0.3, 0.4) is 0 Å². The number of nitrogens with one attached hydrogen (secondary N) is 2. The van der Waals surface area contributed by atoms with Gasteiger partial charge in [-0.1, -0.05) is 30.3 Å². The molecule has 0 aliphatic carbocycles. The molecule has 1 unspecified atom stereocenters. The van der Waals surface area contributed by atoms with Gasteiger partial charge < -0.3 is 15.2 Å². The second kappa shape index (κ2) is 7.49. The van der Waals surface area contributed by atoms with Gasteiger partial charge in [-0.15, -0.1) is 0 Å². The average Bonchev–Trinajstić information content (AvgIpc) is 3.04. The van der Waals surface area contributed by atoms with Gasteiger partial charge in [0, 0.05) is 5.39 Å². The first-order valence-corrected chi connectivity index (χ1v) is 8.50. The predicted octanol–water partition coefficient (Wildman–Crippen LogP) is 2.62. The summed E-state index contributed by atoms with van der Waals surface area (Å²) in [5.41, 5.74) is 1.05. The molecule has 0 bridgehead atoms. The molecule has 0 spiro atoms. The van der Waals surface area contributed by atoms with E-state index < -0.39 is 11.5 Å². The number of rotatable bonds is 7. The number of carbonyl (C=O) groups is 2. The number of amides is 1. The lowest BCUT2D eigenvalue weighted by Gasteiger charge is -2.30. The van der Waals surface area contributed by atoms with Crippen molar-refractivity contribution in [1.82, 2.24) is 15.5 Å². The number of carbonyl (C=O) groups excluding carboxylic acids is 1. The van der Waals surface area contributed by atoms with E-state index in [1.807, 2.05) is 24.3 Å². The first-order chi connectivity index (χ1) is 12.9. The van der Waals surface area contributed by atoms with Crippen molar-refractivity contribution in [3.8, 4) is 5.75 Å². The number of hydrogen-bond donors (Lipinski definition) is 3. The van der Waals surface area contributed by atoms with Crippen molar-refractivity contribution in [3.05, 3.63) is 59.8 Å². The number of para-hydroxylation sites is 1. The highest BCUT2D eigenvalue weighted by atomic mass is 16.5. The van der Waals surface area contributed by atoms with Gasteiger partial charge in [0.15, 0.2) is 0 Å². The van der Waals surface area contributed by atoms with Crippen molar-refractivity contribution in [1.29, 1.82) is 0 Å². The van der Waals surface area contributed by atoms with Crippen LogP contribution in [0, 0.1) is 0 Å². The maximum Gasteiger partial charge on any atom is 0.306 e. The molecule has 3 rings (SSSR count). The molecule has 0 saturated heterocycles. The summed E-state index contributed by atoms with van der Waals surface area (Å²) in [5.74, 6) is -0.707. The molecule has 27 heavy (non-hydrogen) atoms. The maximum atomic E-state index is 12.7. The first-order valence-electron chi connectivity index (χ1n) is 8.50. The number of fused-ring (bicyclic) bond motifs is 1. The Bertz CT molecular complexity index is 982. The Hall–Kier alpha value is -3.35. The van der Waals surface area contributed by atoms with Gasteiger partial charge in [0.25, 0.3) is 0 Å². The van der Waals surface area contributed by atoms with Crippen molar-refractivity contribution in [2.45, 2.75) is 25.3 Å². The van der Waals surface area contributed by atoms with Gasteiger partial charge >= 0.3 is 5.97 Å². The molecule has 0 radical (unpaired) electrons. The van der Waals surface area contributed by atoms with Gasteiger partial charge in [-0.05, 0) is 30.7 Å². The normalized spacial score (nSPS) is 13.1. The first kappa shape index (κ1) is 18.4. The van der Waals surface area contributed by atoms with Gasteiger partial charge in [-0.25, -0.2) is 0 Å². The number of aliphatic carboxylic acids is 1. The summed E-state index contributed by atoms with van der Waals surface area (Å²) in [7, 11) is 1.54. The molecular formula is C20H21N3O4. The Labute approximate surface area is 156 Å². The second-order valence-electron chi connectivity index (χ2n) is 6.58. The molecule has 0 aliphatic rings. The van der Waals surface area contributed by atoms with E-state index in [4.69, 9.17) is 4.74 Å². The van der Waals surface area contributed by atoms with Crippen LogP contribution < -0.4 is 10.1 Å². The Balaban J connectivity index is 1.85. The highest BCUT2D eigenvalue weighted by Crippen LogP contribution is 2.28. The number of aromatic amines is 1. The molecule has 0 fully saturated rings. The zero-order valence-electron chi connectivity index (χ0n) is 15.2. The minimum Gasteiger partial charge on any atom is -0.497 e. The van der Waals surface area contributed by atoms with Crippen LogP contribution in [-0.2, 0) is 21.5 Å². The van der Waals surface area contributed by atoms with Crippen LogP contribution in [0.25, 0.3) is 10.9 Å². The van der Waals surface area contributed by atoms with Crippen LogP contribution >= 0.6 is 0 Å². The van der Waals surface area contributed by atoms with Gasteiger partial charge in [0.05, 0.1) is 36.7 Å². The van der Waals surface area contributed by atoms with E-state index in [1.165, 1.54) is 7.11 Å². The van der Waals surface area contributed by atoms with Gasteiger partial charge in [0.1, 0.15) is 5.75 Å². The van der Waals surface area contributed by atoms with Gasteiger partial charge in [-0.3, -0.25) is 14.7 Å². The fourth-order valence-electron chi connectivity index (χ4n) is 3.15. The fraction of sp³-hybridized carbons (Fsp3) is 0.250. The summed E-state index contributed by atoms with van der Waals surface area (Å²) in [4.78, 5) is 24.1. The third kappa shape index (κ3) is 4.08. The van der Waals surface area contributed by atoms with Gasteiger partial charge in [-0.2, -0.15) is 5.10 Å². The molecule has 2 aromatic carbocycles.